The number of methoxy groups -OCH3 is 1. The summed E-state index contributed by atoms with van der Waals surface area (Å²) in [6.45, 7) is 3.27. The number of carboxylic acid groups (broad SMARTS) is 1. The van der Waals surface area contributed by atoms with Gasteiger partial charge in [0.05, 0.1) is 22.9 Å². The van der Waals surface area contributed by atoms with Crippen LogP contribution >= 0.6 is 11.3 Å². The number of fused-ring (bicyclic) bond motifs is 1. The van der Waals surface area contributed by atoms with Crippen LogP contribution in [-0.2, 0) is 13.0 Å². The molecule has 1 heterocycles. The molecule has 1 N–H and O–H groups in total. The van der Waals surface area contributed by atoms with Gasteiger partial charge in [-0.25, -0.2) is 14.2 Å². The van der Waals surface area contributed by atoms with Crippen LogP contribution in [-0.4, -0.2) is 29.7 Å². The number of carboxylic acids is 1. The topological polar surface area (TPSA) is 62.7 Å². The third kappa shape index (κ3) is 4.73. The molecule has 0 saturated carbocycles. The number of benzene rings is 3. The summed E-state index contributed by atoms with van der Waals surface area (Å²) in [6, 6.07) is 17.8. The number of aromatic nitrogens is 1. The van der Waals surface area contributed by atoms with E-state index >= 15 is 0 Å². The molecule has 4 rings (SSSR count). The lowest BCUT2D eigenvalue weighted by molar-refractivity contribution is 0.0697. The Morgan fingerprint density at radius 2 is 1.94 bits per heavy atom. The van der Waals surface area contributed by atoms with E-state index in [-0.39, 0.29) is 11.4 Å². The molecule has 0 aliphatic rings. The average Bonchev–Trinajstić information content (AvgIpc) is 3.23. The summed E-state index contributed by atoms with van der Waals surface area (Å²) in [5.41, 5.74) is 4.18. The molecule has 0 atom stereocenters. The molecule has 0 spiro atoms. The summed E-state index contributed by atoms with van der Waals surface area (Å²) in [4.78, 5) is 17.9. The van der Waals surface area contributed by atoms with Crippen LogP contribution in [0.2, 0.25) is 0 Å². The number of carbonyl (C=O) groups is 1. The first-order chi connectivity index (χ1) is 15.4. The van der Waals surface area contributed by atoms with Gasteiger partial charge in [-0.15, -0.1) is 0 Å². The molecule has 32 heavy (non-hydrogen) atoms. The number of ether oxygens (including phenoxy) is 1. The van der Waals surface area contributed by atoms with Gasteiger partial charge in [0.25, 0.3) is 0 Å². The maximum absolute atomic E-state index is 14.3. The molecule has 3 aromatic carbocycles. The molecule has 7 heteroatoms. The predicted octanol–water partition coefficient (Wildman–Crippen LogP) is 5.70. The number of rotatable bonds is 8. The van der Waals surface area contributed by atoms with Crippen LogP contribution in [0.1, 0.15) is 27.0 Å². The van der Waals surface area contributed by atoms with E-state index in [1.54, 1.807) is 25.3 Å². The van der Waals surface area contributed by atoms with Crippen molar-refractivity contribution in [1.29, 1.82) is 0 Å². The maximum atomic E-state index is 14.3. The highest BCUT2D eigenvalue weighted by Crippen LogP contribution is 2.32. The molecule has 1 aromatic heterocycles. The second-order valence-corrected chi connectivity index (χ2v) is 8.53. The molecule has 0 fully saturated rings. The molecule has 0 radical (unpaired) electrons. The van der Waals surface area contributed by atoms with Gasteiger partial charge in [0, 0.05) is 13.1 Å². The number of aromatic carboxylic acids is 1. The first-order valence-corrected chi connectivity index (χ1v) is 11.0. The maximum Gasteiger partial charge on any atom is 0.335 e. The fourth-order valence-electron chi connectivity index (χ4n) is 3.59. The van der Waals surface area contributed by atoms with E-state index < -0.39 is 5.97 Å². The van der Waals surface area contributed by atoms with E-state index in [2.05, 4.69) is 22.9 Å². The quantitative estimate of drug-likeness (QED) is 0.373. The van der Waals surface area contributed by atoms with Gasteiger partial charge in [0.1, 0.15) is 11.6 Å². The number of nitrogens with zero attached hydrogens (tertiary/aromatic N) is 2. The summed E-state index contributed by atoms with van der Waals surface area (Å²) in [5, 5.41) is 9.89. The van der Waals surface area contributed by atoms with Gasteiger partial charge < -0.3 is 14.7 Å². The van der Waals surface area contributed by atoms with E-state index in [4.69, 9.17) is 9.84 Å². The highest BCUT2D eigenvalue weighted by Gasteiger charge is 2.16. The van der Waals surface area contributed by atoms with Gasteiger partial charge in [0.2, 0.25) is 0 Å². The first kappa shape index (κ1) is 21.8. The third-order valence-electron chi connectivity index (χ3n) is 5.40. The van der Waals surface area contributed by atoms with Gasteiger partial charge in [-0.1, -0.05) is 35.6 Å². The fourth-order valence-corrected chi connectivity index (χ4v) is 4.58. The lowest BCUT2D eigenvalue weighted by atomic mass is 10.0. The highest BCUT2D eigenvalue weighted by molar-refractivity contribution is 7.22. The average molecular weight is 451 g/mol. The van der Waals surface area contributed by atoms with Crippen LogP contribution in [0.5, 0.6) is 5.75 Å². The second-order valence-electron chi connectivity index (χ2n) is 7.55. The third-order valence-corrected chi connectivity index (χ3v) is 6.54. The number of thiazole rings is 1. The number of hydrogen-bond acceptors (Lipinski definition) is 5. The fraction of sp³-hybridized carbons (Fsp3) is 0.200. The van der Waals surface area contributed by atoms with E-state index in [1.807, 2.05) is 30.3 Å². The van der Waals surface area contributed by atoms with Gasteiger partial charge in [-0.3, -0.25) is 0 Å². The SMILES string of the molecule is COc1ccc(CCN(Cc2ccc(C(=O)O)cc2)c2nc3cccc(F)c3s2)c(C)c1. The van der Waals surface area contributed by atoms with Crippen LogP contribution in [0.15, 0.2) is 60.7 Å². The second kappa shape index (κ2) is 9.36. The Morgan fingerprint density at radius 1 is 1.16 bits per heavy atom. The number of halogens is 1. The zero-order chi connectivity index (χ0) is 22.7. The molecule has 5 nitrogen and oxygen atoms in total. The minimum atomic E-state index is -0.954. The van der Waals surface area contributed by atoms with E-state index in [0.29, 0.717) is 23.3 Å². The molecular formula is C25H23FN2O3S. The van der Waals surface area contributed by atoms with Crippen molar-refractivity contribution in [3.63, 3.8) is 0 Å². The van der Waals surface area contributed by atoms with Crippen molar-refractivity contribution in [2.24, 2.45) is 0 Å². The Kier molecular flexibility index (Phi) is 6.37. The lowest BCUT2D eigenvalue weighted by Gasteiger charge is -2.22. The summed E-state index contributed by atoms with van der Waals surface area (Å²) in [5.74, 6) is -0.406. The summed E-state index contributed by atoms with van der Waals surface area (Å²) < 4.78 is 20.1. The Bertz CT molecular complexity index is 1250. The Hall–Kier alpha value is -3.45. The van der Waals surface area contributed by atoms with Crippen molar-refractivity contribution in [2.75, 3.05) is 18.6 Å². The van der Waals surface area contributed by atoms with E-state index in [9.17, 15) is 9.18 Å². The minimum Gasteiger partial charge on any atom is -0.497 e. The van der Waals surface area contributed by atoms with Crippen LogP contribution in [0.25, 0.3) is 10.2 Å². The Balaban J connectivity index is 1.62. The molecule has 0 bridgehead atoms. The zero-order valence-corrected chi connectivity index (χ0v) is 18.7. The molecule has 0 aliphatic carbocycles. The van der Waals surface area contributed by atoms with Gasteiger partial charge >= 0.3 is 5.97 Å². The predicted molar refractivity (Wildman–Crippen MR) is 125 cm³/mol. The smallest absolute Gasteiger partial charge is 0.335 e. The lowest BCUT2D eigenvalue weighted by Crippen LogP contribution is -2.25. The van der Waals surface area contributed by atoms with E-state index in [1.165, 1.54) is 23.0 Å². The molecule has 164 valence electrons. The number of anilines is 1. The van der Waals surface area contributed by atoms with Crippen molar-refractivity contribution >= 4 is 32.7 Å². The molecule has 0 unspecified atom stereocenters. The van der Waals surface area contributed by atoms with Crippen molar-refractivity contribution in [2.45, 2.75) is 19.9 Å². The summed E-state index contributed by atoms with van der Waals surface area (Å²) in [7, 11) is 1.65. The van der Waals surface area contributed by atoms with Gasteiger partial charge in [-0.2, -0.15) is 0 Å². The Morgan fingerprint density at radius 3 is 2.59 bits per heavy atom. The van der Waals surface area contributed by atoms with Crippen molar-refractivity contribution in [3.8, 4) is 5.75 Å². The summed E-state index contributed by atoms with van der Waals surface area (Å²) >= 11 is 1.33. The van der Waals surface area contributed by atoms with Crippen LogP contribution < -0.4 is 9.64 Å². The zero-order valence-electron chi connectivity index (χ0n) is 17.8. The van der Waals surface area contributed by atoms with E-state index in [0.717, 1.165) is 28.4 Å². The number of aryl methyl sites for hydroxylation is 1. The normalized spacial score (nSPS) is 11.0. The molecule has 0 saturated heterocycles. The molecule has 0 aliphatic heterocycles. The van der Waals surface area contributed by atoms with Gasteiger partial charge in [-0.05, 0) is 66.4 Å². The largest absolute Gasteiger partial charge is 0.497 e. The monoisotopic (exact) mass is 450 g/mol. The van der Waals surface area contributed by atoms with Crippen LogP contribution in [0.3, 0.4) is 0 Å². The van der Waals surface area contributed by atoms with Crippen molar-refractivity contribution in [3.05, 3.63) is 88.7 Å². The molecule has 0 amide bonds. The van der Waals surface area contributed by atoms with Crippen molar-refractivity contribution in [1.82, 2.24) is 4.98 Å². The molecular weight excluding hydrogens is 427 g/mol. The summed E-state index contributed by atoms with van der Waals surface area (Å²) in [6.07, 6.45) is 0.779. The standard InChI is InChI=1S/C25H23FN2O3S/c1-16-14-20(31-2)11-10-18(16)12-13-28(15-17-6-8-19(9-7-17)24(29)30)25-27-22-5-3-4-21(26)23(22)32-25/h3-11,14H,12-13,15H2,1-2H3,(H,29,30). The Labute approximate surface area is 189 Å². The van der Waals surface area contributed by atoms with Crippen molar-refractivity contribution < 1.29 is 19.0 Å². The minimum absolute atomic E-state index is 0.246. The van der Waals surface area contributed by atoms with Crippen LogP contribution in [0, 0.1) is 12.7 Å². The molecule has 4 aromatic rings. The number of hydrogen-bond donors (Lipinski definition) is 1. The first-order valence-electron chi connectivity index (χ1n) is 10.2. The highest BCUT2D eigenvalue weighted by atomic mass is 32.1. The van der Waals surface area contributed by atoms with Crippen LogP contribution in [0.4, 0.5) is 9.52 Å². The van der Waals surface area contributed by atoms with Gasteiger partial charge in [0.15, 0.2) is 5.13 Å².